The molecule has 0 saturated carbocycles. The van der Waals surface area contributed by atoms with Crippen LogP contribution in [0, 0.1) is 6.92 Å². The number of hydrogen-bond acceptors (Lipinski definition) is 1. The van der Waals surface area contributed by atoms with Crippen LogP contribution in [0.2, 0.25) is 0 Å². The summed E-state index contributed by atoms with van der Waals surface area (Å²) >= 11 is 1.90. The summed E-state index contributed by atoms with van der Waals surface area (Å²) in [7, 11) is 0. The highest BCUT2D eigenvalue weighted by Crippen LogP contribution is 2.23. The van der Waals surface area contributed by atoms with Crippen LogP contribution in [-0.2, 0) is 0 Å². The van der Waals surface area contributed by atoms with Gasteiger partial charge >= 0.3 is 0 Å². The van der Waals surface area contributed by atoms with Gasteiger partial charge in [0.05, 0.1) is 0 Å². The average Bonchev–Trinajstić information content (AvgIpc) is 1.69. The van der Waals surface area contributed by atoms with Gasteiger partial charge in [0.25, 0.3) is 0 Å². The van der Waals surface area contributed by atoms with E-state index in [1.54, 1.807) is 0 Å². The summed E-state index contributed by atoms with van der Waals surface area (Å²) in [6.07, 6.45) is 3.94. The minimum absolute atomic E-state index is 0.453. The van der Waals surface area contributed by atoms with Crippen molar-refractivity contribution < 1.29 is 0 Å². The van der Waals surface area contributed by atoms with Gasteiger partial charge < -0.3 is 0 Å². The van der Waals surface area contributed by atoms with E-state index in [0.29, 0.717) is 5.25 Å². The molecule has 0 spiro atoms. The zero-order valence-electron chi connectivity index (χ0n) is 4.39. The molecule has 1 saturated heterocycles. The second-order valence-corrected chi connectivity index (χ2v) is 3.25. The quantitative estimate of drug-likeness (QED) is 0.464. The van der Waals surface area contributed by atoms with Gasteiger partial charge in [-0.3, -0.25) is 0 Å². The van der Waals surface area contributed by atoms with Gasteiger partial charge in [0.15, 0.2) is 0 Å². The highest BCUT2D eigenvalue weighted by atomic mass is 32.2. The third-order valence-corrected chi connectivity index (χ3v) is 2.40. The summed E-state index contributed by atoms with van der Waals surface area (Å²) in [5.41, 5.74) is 0. The fourth-order valence-electron chi connectivity index (χ4n) is 0.766. The molecule has 40 valence electrons. The standard InChI is InChI=1S/C6H10S/c1-6-4-2-3-5-7-6/h1,6H,2-5H2. The molecule has 1 rings (SSSR count). The van der Waals surface area contributed by atoms with Crippen LogP contribution in [-0.4, -0.2) is 11.0 Å². The van der Waals surface area contributed by atoms with Crippen LogP contribution < -0.4 is 0 Å². The van der Waals surface area contributed by atoms with Crippen molar-refractivity contribution in [1.82, 2.24) is 0 Å². The molecule has 1 heterocycles. The molecule has 1 atom stereocenters. The van der Waals surface area contributed by atoms with Crippen LogP contribution in [0.5, 0.6) is 0 Å². The van der Waals surface area contributed by atoms with E-state index in [9.17, 15) is 0 Å². The Kier molecular flexibility index (Phi) is 2.04. The normalized spacial score (nSPS) is 33.0. The maximum absolute atomic E-state index is 5.60. The lowest BCUT2D eigenvalue weighted by Crippen LogP contribution is -2.03. The molecule has 0 nitrogen and oxygen atoms in total. The van der Waals surface area contributed by atoms with Gasteiger partial charge in [0, 0.05) is 5.25 Å². The summed E-state index contributed by atoms with van der Waals surface area (Å²) in [5, 5.41) is 0.453. The molecule has 1 unspecified atom stereocenters. The van der Waals surface area contributed by atoms with Gasteiger partial charge in [0.1, 0.15) is 0 Å². The first-order chi connectivity index (χ1) is 3.39. The van der Waals surface area contributed by atoms with Crippen LogP contribution in [0.3, 0.4) is 0 Å². The van der Waals surface area contributed by atoms with E-state index >= 15 is 0 Å². The van der Waals surface area contributed by atoms with E-state index in [0.717, 1.165) is 0 Å². The molecule has 0 aromatic heterocycles. The molecule has 0 amide bonds. The average molecular weight is 114 g/mol. The van der Waals surface area contributed by atoms with Gasteiger partial charge in [-0.25, -0.2) is 0 Å². The molecule has 1 fully saturated rings. The summed E-state index contributed by atoms with van der Waals surface area (Å²) in [6.45, 7) is 5.60. The van der Waals surface area contributed by atoms with Crippen LogP contribution >= 0.6 is 11.8 Å². The minimum Gasteiger partial charge on any atom is -0.158 e. The lowest BCUT2D eigenvalue weighted by atomic mass is 10.2. The minimum atomic E-state index is 0.453. The van der Waals surface area contributed by atoms with Crippen molar-refractivity contribution in [3.63, 3.8) is 0 Å². The lowest BCUT2D eigenvalue weighted by molar-refractivity contribution is 0.718. The Hall–Kier alpha value is 0.350. The summed E-state index contributed by atoms with van der Waals surface area (Å²) in [4.78, 5) is 0. The van der Waals surface area contributed by atoms with E-state index in [2.05, 4.69) is 0 Å². The van der Waals surface area contributed by atoms with Crippen molar-refractivity contribution in [2.45, 2.75) is 24.5 Å². The van der Waals surface area contributed by atoms with Gasteiger partial charge in [-0.2, -0.15) is 11.8 Å². The molecule has 2 radical (unpaired) electrons. The second-order valence-electron chi connectivity index (χ2n) is 1.91. The zero-order valence-corrected chi connectivity index (χ0v) is 5.21. The Balaban J connectivity index is 2.12. The van der Waals surface area contributed by atoms with Crippen LogP contribution in [0.1, 0.15) is 19.3 Å². The molecule has 0 aliphatic carbocycles. The van der Waals surface area contributed by atoms with Crippen molar-refractivity contribution in [3.05, 3.63) is 6.92 Å². The fourth-order valence-corrected chi connectivity index (χ4v) is 1.77. The summed E-state index contributed by atoms with van der Waals surface area (Å²) in [5.74, 6) is 1.28. The van der Waals surface area contributed by atoms with E-state index < -0.39 is 0 Å². The first kappa shape index (κ1) is 5.49. The monoisotopic (exact) mass is 114 g/mol. The Morgan fingerprint density at radius 2 is 2.29 bits per heavy atom. The predicted molar refractivity (Wildman–Crippen MR) is 34.4 cm³/mol. The van der Waals surface area contributed by atoms with Crippen LogP contribution in [0.15, 0.2) is 0 Å². The third-order valence-electron chi connectivity index (χ3n) is 1.21. The highest BCUT2D eigenvalue weighted by molar-refractivity contribution is 8.00. The van der Waals surface area contributed by atoms with Gasteiger partial charge in [-0.05, 0) is 25.5 Å². The Morgan fingerprint density at radius 1 is 1.43 bits per heavy atom. The first-order valence-electron chi connectivity index (χ1n) is 2.77. The van der Waals surface area contributed by atoms with Crippen molar-refractivity contribution in [1.29, 1.82) is 0 Å². The van der Waals surface area contributed by atoms with E-state index in [4.69, 9.17) is 6.92 Å². The molecule has 1 heteroatoms. The zero-order chi connectivity index (χ0) is 5.11. The molecular weight excluding hydrogens is 104 g/mol. The maximum Gasteiger partial charge on any atom is 0.00816 e. The van der Waals surface area contributed by atoms with Crippen molar-refractivity contribution in [3.8, 4) is 0 Å². The van der Waals surface area contributed by atoms with Crippen LogP contribution in [0.25, 0.3) is 0 Å². The maximum atomic E-state index is 5.60. The van der Waals surface area contributed by atoms with Gasteiger partial charge in [0.2, 0.25) is 0 Å². The number of thioether (sulfide) groups is 1. The SMILES string of the molecule is [CH]C1CCCCS1. The van der Waals surface area contributed by atoms with Crippen molar-refractivity contribution in [2.24, 2.45) is 0 Å². The Morgan fingerprint density at radius 3 is 2.57 bits per heavy atom. The van der Waals surface area contributed by atoms with Crippen LogP contribution in [0.4, 0.5) is 0 Å². The third kappa shape index (κ3) is 1.72. The van der Waals surface area contributed by atoms with E-state index in [1.807, 2.05) is 11.8 Å². The fraction of sp³-hybridized carbons (Fsp3) is 0.833. The van der Waals surface area contributed by atoms with E-state index in [1.165, 1.54) is 25.0 Å². The Labute approximate surface area is 49.7 Å². The second kappa shape index (κ2) is 2.61. The molecular formula is C6H10S. The molecule has 0 aromatic rings. The van der Waals surface area contributed by atoms with Crippen molar-refractivity contribution in [2.75, 3.05) is 5.75 Å². The largest absolute Gasteiger partial charge is 0.158 e. The smallest absolute Gasteiger partial charge is 0.00816 e. The molecule has 0 bridgehead atoms. The summed E-state index contributed by atoms with van der Waals surface area (Å²) < 4.78 is 0. The summed E-state index contributed by atoms with van der Waals surface area (Å²) in [6, 6.07) is 0. The lowest BCUT2D eigenvalue weighted by Gasteiger charge is -2.15. The molecule has 0 N–H and O–H groups in total. The predicted octanol–water partition coefficient (Wildman–Crippen LogP) is 1.98. The number of hydrogen-bond donors (Lipinski definition) is 0. The topological polar surface area (TPSA) is 0 Å². The van der Waals surface area contributed by atoms with E-state index in [-0.39, 0.29) is 0 Å². The molecule has 1 aliphatic rings. The highest BCUT2D eigenvalue weighted by Gasteiger charge is 2.06. The Bertz CT molecular complexity index is 46.1. The molecule has 1 aliphatic heterocycles. The van der Waals surface area contributed by atoms with Crippen molar-refractivity contribution >= 4 is 11.8 Å². The molecule has 7 heavy (non-hydrogen) atoms. The van der Waals surface area contributed by atoms with Gasteiger partial charge in [-0.15, -0.1) is 0 Å². The first-order valence-corrected chi connectivity index (χ1v) is 3.81. The molecule has 0 aromatic carbocycles. The number of rotatable bonds is 0. The van der Waals surface area contributed by atoms with Gasteiger partial charge in [-0.1, -0.05) is 6.42 Å².